The number of nitrogens with two attached hydrogens (primary N) is 1. The highest BCUT2D eigenvalue weighted by Crippen LogP contribution is 2.20. The molecular formula is C11H18N4O2S. The number of sulfonamides is 1. The predicted octanol–water partition coefficient (Wildman–Crippen LogP) is -0.378. The molecule has 1 aliphatic rings. The average molecular weight is 270 g/mol. The molecule has 7 heteroatoms. The maximum atomic E-state index is 11.2. The van der Waals surface area contributed by atoms with E-state index in [1.807, 2.05) is 0 Å². The third-order valence-electron chi connectivity index (χ3n) is 3.03. The molecule has 0 bridgehead atoms. The van der Waals surface area contributed by atoms with E-state index in [1.54, 1.807) is 18.3 Å². The molecule has 0 saturated carbocycles. The molecule has 2 N–H and O–H groups in total. The Labute approximate surface area is 107 Å². The van der Waals surface area contributed by atoms with Gasteiger partial charge >= 0.3 is 0 Å². The summed E-state index contributed by atoms with van der Waals surface area (Å²) in [6, 6.07) is 3.51. The number of anilines is 1. The molecule has 1 aromatic rings. The second kappa shape index (κ2) is 5.21. The van der Waals surface area contributed by atoms with Gasteiger partial charge in [-0.15, -0.1) is 0 Å². The van der Waals surface area contributed by atoms with Crippen molar-refractivity contribution >= 4 is 15.8 Å². The molecule has 100 valence electrons. The Morgan fingerprint density at radius 3 is 2.61 bits per heavy atom. The minimum absolute atomic E-state index is 0.164. The van der Waals surface area contributed by atoms with Gasteiger partial charge in [-0.25, -0.2) is 18.5 Å². The molecule has 1 saturated heterocycles. The molecule has 2 heterocycles. The molecule has 0 atom stereocenters. The number of hydrogen-bond donors (Lipinski definition) is 1. The van der Waals surface area contributed by atoms with Crippen LogP contribution in [0.1, 0.15) is 5.56 Å². The first kappa shape index (κ1) is 13.3. The number of aromatic nitrogens is 1. The third kappa shape index (κ3) is 3.41. The lowest BCUT2D eigenvalue weighted by Gasteiger charge is -2.34. The van der Waals surface area contributed by atoms with Crippen LogP contribution in [0.5, 0.6) is 0 Å². The van der Waals surface area contributed by atoms with Gasteiger partial charge in [0.15, 0.2) is 0 Å². The second-order valence-electron chi connectivity index (χ2n) is 4.58. The molecule has 2 rings (SSSR count). The number of rotatable bonds is 3. The average Bonchev–Trinajstić information content (AvgIpc) is 2.29. The van der Waals surface area contributed by atoms with Crippen LogP contribution in [0.4, 0.5) is 5.82 Å². The van der Waals surface area contributed by atoms with Crippen LogP contribution in [-0.2, 0) is 15.8 Å². The number of primary sulfonamides is 1. The Hall–Kier alpha value is -1.18. The maximum Gasteiger partial charge on any atom is 0.213 e. The van der Waals surface area contributed by atoms with Gasteiger partial charge in [-0.3, -0.25) is 0 Å². The van der Waals surface area contributed by atoms with Crippen LogP contribution >= 0.6 is 0 Å². The van der Waals surface area contributed by atoms with Gasteiger partial charge < -0.3 is 9.80 Å². The summed E-state index contributed by atoms with van der Waals surface area (Å²) < 4.78 is 22.4. The zero-order valence-electron chi connectivity index (χ0n) is 10.4. The van der Waals surface area contributed by atoms with Gasteiger partial charge in [-0.05, 0) is 13.1 Å². The number of piperazine rings is 1. The van der Waals surface area contributed by atoms with E-state index in [-0.39, 0.29) is 5.75 Å². The highest BCUT2D eigenvalue weighted by Gasteiger charge is 2.19. The quantitative estimate of drug-likeness (QED) is 0.810. The van der Waals surface area contributed by atoms with Crippen LogP contribution in [0, 0.1) is 0 Å². The molecule has 0 radical (unpaired) electrons. The predicted molar refractivity (Wildman–Crippen MR) is 70.8 cm³/mol. The van der Waals surface area contributed by atoms with E-state index in [1.165, 1.54) is 0 Å². The summed E-state index contributed by atoms with van der Waals surface area (Å²) in [7, 11) is -1.46. The highest BCUT2D eigenvalue weighted by molar-refractivity contribution is 7.88. The Morgan fingerprint density at radius 1 is 1.33 bits per heavy atom. The lowest BCUT2D eigenvalue weighted by molar-refractivity contribution is 0.312. The number of hydrogen-bond acceptors (Lipinski definition) is 5. The summed E-state index contributed by atoms with van der Waals surface area (Å²) in [6.45, 7) is 3.60. The van der Waals surface area contributed by atoms with Crippen molar-refractivity contribution in [2.24, 2.45) is 5.14 Å². The van der Waals surface area contributed by atoms with Crippen molar-refractivity contribution in [1.29, 1.82) is 0 Å². The Kier molecular flexibility index (Phi) is 3.84. The van der Waals surface area contributed by atoms with Crippen LogP contribution in [0.3, 0.4) is 0 Å². The van der Waals surface area contributed by atoms with Gasteiger partial charge in [0.2, 0.25) is 10.0 Å². The summed E-state index contributed by atoms with van der Waals surface area (Å²) in [5.74, 6) is 0.572. The smallest absolute Gasteiger partial charge is 0.213 e. The summed E-state index contributed by atoms with van der Waals surface area (Å²) in [5.41, 5.74) is 0.671. The van der Waals surface area contributed by atoms with Crippen molar-refractivity contribution in [3.05, 3.63) is 23.9 Å². The molecule has 0 aliphatic carbocycles. The molecule has 0 spiro atoms. The molecule has 1 aliphatic heterocycles. The number of likely N-dealkylation sites (N-methyl/N-ethyl adjacent to an activating group) is 1. The van der Waals surface area contributed by atoms with Gasteiger partial charge in [0.25, 0.3) is 0 Å². The van der Waals surface area contributed by atoms with Crippen LogP contribution < -0.4 is 10.0 Å². The Bertz CT molecular complexity index is 510. The van der Waals surface area contributed by atoms with Gasteiger partial charge in [0.1, 0.15) is 5.82 Å². The Balaban J connectivity index is 2.22. The second-order valence-corrected chi connectivity index (χ2v) is 6.20. The van der Waals surface area contributed by atoms with Crippen LogP contribution in [0.25, 0.3) is 0 Å². The minimum atomic E-state index is -3.53. The third-order valence-corrected chi connectivity index (χ3v) is 3.74. The standard InChI is InChI=1S/C11H18N4O2S/c1-14-5-7-15(8-6-14)11-10(3-2-4-13-11)9-18(12,16)17/h2-4H,5-9H2,1H3,(H2,12,16,17). The lowest BCUT2D eigenvalue weighted by Crippen LogP contribution is -2.45. The molecule has 0 unspecified atom stereocenters. The molecular weight excluding hydrogens is 252 g/mol. The zero-order valence-corrected chi connectivity index (χ0v) is 11.2. The van der Waals surface area contributed by atoms with E-state index in [0.717, 1.165) is 32.0 Å². The first-order chi connectivity index (χ1) is 8.46. The van der Waals surface area contributed by atoms with Gasteiger partial charge in [-0.1, -0.05) is 6.07 Å². The van der Waals surface area contributed by atoms with Crippen molar-refractivity contribution in [2.45, 2.75) is 5.75 Å². The summed E-state index contributed by atoms with van der Waals surface area (Å²) >= 11 is 0. The SMILES string of the molecule is CN1CCN(c2ncccc2CS(N)(=O)=O)CC1. The largest absolute Gasteiger partial charge is 0.354 e. The van der Waals surface area contributed by atoms with Crippen molar-refractivity contribution in [2.75, 3.05) is 38.1 Å². The first-order valence-electron chi connectivity index (χ1n) is 5.83. The molecule has 0 amide bonds. The van der Waals surface area contributed by atoms with E-state index in [9.17, 15) is 8.42 Å². The lowest BCUT2D eigenvalue weighted by atomic mass is 10.2. The summed E-state index contributed by atoms with van der Waals surface area (Å²) in [4.78, 5) is 8.65. The van der Waals surface area contributed by atoms with Crippen molar-refractivity contribution in [3.63, 3.8) is 0 Å². The van der Waals surface area contributed by atoms with Crippen molar-refractivity contribution < 1.29 is 8.42 Å². The van der Waals surface area contributed by atoms with E-state index >= 15 is 0 Å². The van der Waals surface area contributed by atoms with E-state index in [0.29, 0.717) is 5.56 Å². The fourth-order valence-electron chi connectivity index (χ4n) is 2.06. The topological polar surface area (TPSA) is 79.5 Å². The van der Waals surface area contributed by atoms with Gasteiger partial charge in [0.05, 0.1) is 5.75 Å². The molecule has 18 heavy (non-hydrogen) atoms. The maximum absolute atomic E-state index is 11.2. The summed E-state index contributed by atoms with van der Waals surface area (Å²) in [6.07, 6.45) is 1.68. The highest BCUT2D eigenvalue weighted by atomic mass is 32.2. The van der Waals surface area contributed by atoms with Gasteiger partial charge in [0, 0.05) is 37.9 Å². The normalized spacial score (nSPS) is 18.0. The fraction of sp³-hybridized carbons (Fsp3) is 0.545. The van der Waals surface area contributed by atoms with E-state index < -0.39 is 10.0 Å². The number of nitrogens with zero attached hydrogens (tertiary/aromatic N) is 3. The van der Waals surface area contributed by atoms with Crippen LogP contribution in [0.2, 0.25) is 0 Å². The Morgan fingerprint density at radius 2 is 2.00 bits per heavy atom. The molecule has 1 fully saturated rings. The summed E-state index contributed by atoms with van der Waals surface area (Å²) in [5, 5.41) is 5.11. The van der Waals surface area contributed by atoms with E-state index in [4.69, 9.17) is 5.14 Å². The molecule has 0 aromatic carbocycles. The number of pyridine rings is 1. The van der Waals surface area contributed by atoms with Crippen LogP contribution in [0.15, 0.2) is 18.3 Å². The molecule has 1 aromatic heterocycles. The fourth-order valence-corrected chi connectivity index (χ4v) is 2.72. The minimum Gasteiger partial charge on any atom is -0.354 e. The first-order valence-corrected chi connectivity index (χ1v) is 7.55. The van der Waals surface area contributed by atoms with Crippen LogP contribution in [-0.4, -0.2) is 51.5 Å². The zero-order chi connectivity index (χ0) is 13.2. The van der Waals surface area contributed by atoms with Crippen molar-refractivity contribution in [3.8, 4) is 0 Å². The monoisotopic (exact) mass is 270 g/mol. The van der Waals surface area contributed by atoms with Crippen molar-refractivity contribution in [1.82, 2.24) is 9.88 Å². The molecule has 6 nitrogen and oxygen atoms in total. The van der Waals surface area contributed by atoms with E-state index in [2.05, 4.69) is 21.8 Å². The van der Waals surface area contributed by atoms with Gasteiger partial charge in [-0.2, -0.15) is 0 Å².